The maximum Gasteiger partial charge on any atom is 0.387 e. The van der Waals surface area contributed by atoms with Crippen LogP contribution in [0.25, 0.3) is 0 Å². The van der Waals surface area contributed by atoms with Gasteiger partial charge in [0, 0.05) is 17.7 Å². The number of hydrogen-bond acceptors (Lipinski definition) is 2. The Balaban J connectivity index is 1.78. The molecule has 0 radical (unpaired) electrons. The molecule has 3 aromatic carbocycles. The lowest BCUT2D eigenvalue weighted by atomic mass is 10.0. The molecule has 3 nitrogen and oxygen atoms in total. The van der Waals surface area contributed by atoms with Crippen LogP contribution in [0.15, 0.2) is 72.8 Å². The van der Waals surface area contributed by atoms with E-state index in [9.17, 15) is 13.6 Å². The van der Waals surface area contributed by atoms with Crippen molar-refractivity contribution in [3.05, 3.63) is 95.1 Å². The van der Waals surface area contributed by atoms with Gasteiger partial charge in [0.1, 0.15) is 5.75 Å². The molecule has 0 unspecified atom stereocenters. The van der Waals surface area contributed by atoms with Crippen LogP contribution in [0.4, 0.5) is 14.5 Å². The topological polar surface area (TPSA) is 38.3 Å². The molecule has 0 heterocycles. The Morgan fingerprint density at radius 2 is 1.68 bits per heavy atom. The monoisotopic (exact) mass is 381 g/mol. The second-order valence-corrected chi connectivity index (χ2v) is 6.51. The first kappa shape index (κ1) is 19.5. The number of rotatable bonds is 7. The van der Waals surface area contributed by atoms with Crippen LogP contribution in [0.1, 0.15) is 22.3 Å². The second-order valence-electron chi connectivity index (χ2n) is 6.51. The molecule has 3 aromatic rings. The minimum atomic E-state index is -2.91. The smallest absolute Gasteiger partial charge is 0.387 e. The Morgan fingerprint density at radius 1 is 0.964 bits per heavy atom. The van der Waals surface area contributed by atoms with Crippen LogP contribution in [0, 0.1) is 6.92 Å². The molecule has 28 heavy (non-hydrogen) atoms. The van der Waals surface area contributed by atoms with Crippen molar-refractivity contribution in [3.63, 3.8) is 0 Å². The Labute approximate surface area is 163 Å². The third kappa shape index (κ3) is 5.39. The van der Waals surface area contributed by atoms with Crippen molar-refractivity contribution in [3.8, 4) is 5.75 Å². The van der Waals surface area contributed by atoms with Crippen molar-refractivity contribution < 1.29 is 18.3 Å². The van der Waals surface area contributed by atoms with E-state index in [1.165, 1.54) is 6.07 Å². The van der Waals surface area contributed by atoms with Gasteiger partial charge in [-0.05, 0) is 41.8 Å². The number of carbonyl (C=O) groups excluding carboxylic acids is 1. The maximum atomic E-state index is 12.7. The predicted molar refractivity (Wildman–Crippen MR) is 106 cm³/mol. The number of ether oxygens (including phenoxy) is 1. The average molecular weight is 381 g/mol. The summed E-state index contributed by atoms with van der Waals surface area (Å²) in [6, 6.07) is 21.9. The van der Waals surface area contributed by atoms with Gasteiger partial charge in [-0.2, -0.15) is 8.78 Å². The van der Waals surface area contributed by atoms with E-state index in [2.05, 4.69) is 10.1 Å². The lowest BCUT2D eigenvalue weighted by Crippen LogP contribution is -2.15. The van der Waals surface area contributed by atoms with Gasteiger partial charge in [-0.15, -0.1) is 0 Å². The van der Waals surface area contributed by atoms with Gasteiger partial charge in [0.05, 0.1) is 6.42 Å². The molecule has 0 atom stereocenters. The Kier molecular flexibility index (Phi) is 6.37. The SMILES string of the molecule is Cc1ccccc1CC(=O)Nc1ccc(OC(F)F)c(Cc2ccccc2)c1. The highest BCUT2D eigenvalue weighted by Gasteiger charge is 2.13. The number of halogens is 2. The highest BCUT2D eigenvalue weighted by Crippen LogP contribution is 2.27. The quantitative estimate of drug-likeness (QED) is 0.598. The number of hydrogen-bond donors (Lipinski definition) is 1. The molecular formula is C23H21F2NO2. The molecule has 0 spiro atoms. The predicted octanol–water partition coefficient (Wildman–Crippen LogP) is 5.37. The van der Waals surface area contributed by atoms with Gasteiger partial charge in [-0.25, -0.2) is 0 Å². The van der Waals surface area contributed by atoms with Gasteiger partial charge < -0.3 is 10.1 Å². The summed E-state index contributed by atoms with van der Waals surface area (Å²) in [5.74, 6) is -0.0572. The molecule has 1 N–H and O–H groups in total. The molecule has 5 heteroatoms. The first-order chi connectivity index (χ1) is 13.5. The van der Waals surface area contributed by atoms with E-state index < -0.39 is 6.61 Å². The van der Waals surface area contributed by atoms with Gasteiger partial charge >= 0.3 is 6.61 Å². The standard InChI is InChI=1S/C23H21F2NO2/c1-16-7-5-6-10-18(16)15-22(27)26-20-11-12-21(28-23(24)25)19(14-20)13-17-8-3-2-4-9-17/h2-12,14,23H,13,15H2,1H3,(H,26,27). The summed E-state index contributed by atoms with van der Waals surface area (Å²) >= 11 is 0. The zero-order valence-corrected chi connectivity index (χ0v) is 15.5. The zero-order valence-electron chi connectivity index (χ0n) is 15.5. The molecule has 1 amide bonds. The van der Waals surface area contributed by atoms with Crippen LogP contribution in [0.5, 0.6) is 5.75 Å². The fourth-order valence-electron chi connectivity index (χ4n) is 3.01. The van der Waals surface area contributed by atoms with E-state index >= 15 is 0 Å². The summed E-state index contributed by atoms with van der Waals surface area (Å²) < 4.78 is 30.1. The Bertz CT molecular complexity index is 942. The highest BCUT2D eigenvalue weighted by molar-refractivity contribution is 5.92. The molecule has 0 aliphatic heterocycles. The van der Waals surface area contributed by atoms with E-state index in [0.29, 0.717) is 17.7 Å². The molecule has 3 rings (SSSR count). The first-order valence-electron chi connectivity index (χ1n) is 8.97. The van der Waals surface area contributed by atoms with Crippen LogP contribution in [0.3, 0.4) is 0 Å². The summed E-state index contributed by atoms with van der Waals surface area (Å²) in [6.45, 7) is -0.951. The zero-order chi connectivity index (χ0) is 19.9. The lowest BCUT2D eigenvalue weighted by molar-refractivity contribution is -0.115. The highest BCUT2D eigenvalue weighted by atomic mass is 19.3. The van der Waals surface area contributed by atoms with Crippen LogP contribution in [-0.2, 0) is 17.6 Å². The van der Waals surface area contributed by atoms with E-state index in [1.54, 1.807) is 12.1 Å². The van der Waals surface area contributed by atoms with Crippen molar-refractivity contribution in [2.24, 2.45) is 0 Å². The lowest BCUT2D eigenvalue weighted by Gasteiger charge is -2.14. The van der Waals surface area contributed by atoms with Crippen molar-refractivity contribution in [2.75, 3.05) is 5.32 Å². The number of nitrogens with one attached hydrogen (secondary N) is 1. The van der Waals surface area contributed by atoms with E-state index in [-0.39, 0.29) is 18.1 Å². The van der Waals surface area contributed by atoms with Gasteiger partial charge in [-0.3, -0.25) is 4.79 Å². The van der Waals surface area contributed by atoms with Crippen LogP contribution in [0.2, 0.25) is 0 Å². The minimum absolute atomic E-state index is 0.107. The van der Waals surface area contributed by atoms with Crippen LogP contribution < -0.4 is 10.1 Å². The maximum absolute atomic E-state index is 12.7. The largest absolute Gasteiger partial charge is 0.435 e. The van der Waals surface area contributed by atoms with Gasteiger partial charge in [0.15, 0.2) is 0 Å². The molecule has 0 saturated heterocycles. The molecule has 0 bridgehead atoms. The summed E-state index contributed by atoms with van der Waals surface area (Å²) in [7, 11) is 0. The summed E-state index contributed by atoms with van der Waals surface area (Å²) in [5, 5.41) is 2.84. The van der Waals surface area contributed by atoms with Crippen molar-refractivity contribution in [2.45, 2.75) is 26.4 Å². The molecular weight excluding hydrogens is 360 g/mol. The molecule has 0 saturated carbocycles. The number of carbonyl (C=O) groups is 1. The normalized spacial score (nSPS) is 10.7. The Hall–Kier alpha value is -3.21. The van der Waals surface area contributed by atoms with E-state index in [4.69, 9.17) is 0 Å². The number of benzene rings is 3. The Morgan fingerprint density at radius 3 is 2.39 bits per heavy atom. The molecule has 0 aromatic heterocycles. The van der Waals surface area contributed by atoms with Crippen molar-refractivity contribution in [1.29, 1.82) is 0 Å². The average Bonchev–Trinajstić information content (AvgIpc) is 2.66. The summed E-state index contributed by atoms with van der Waals surface area (Å²) in [4.78, 5) is 12.4. The third-order valence-electron chi connectivity index (χ3n) is 4.41. The van der Waals surface area contributed by atoms with Gasteiger partial charge in [0.2, 0.25) is 5.91 Å². The van der Waals surface area contributed by atoms with Crippen molar-refractivity contribution in [1.82, 2.24) is 0 Å². The molecule has 0 fully saturated rings. The van der Waals surface area contributed by atoms with Crippen molar-refractivity contribution >= 4 is 11.6 Å². The number of anilines is 1. The second kappa shape index (κ2) is 9.13. The van der Waals surface area contributed by atoms with E-state index in [1.807, 2.05) is 61.5 Å². The fourth-order valence-corrected chi connectivity index (χ4v) is 3.01. The molecule has 0 aliphatic carbocycles. The first-order valence-corrected chi connectivity index (χ1v) is 8.97. The van der Waals surface area contributed by atoms with Gasteiger partial charge in [0.25, 0.3) is 0 Å². The van der Waals surface area contributed by atoms with Gasteiger partial charge in [-0.1, -0.05) is 54.6 Å². The molecule has 0 aliphatic rings. The third-order valence-corrected chi connectivity index (χ3v) is 4.41. The van der Waals surface area contributed by atoms with E-state index in [0.717, 1.165) is 16.7 Å². The number of amides is 1. The fraction of sp³-hybridized carbons (Fsp3) is 0.174. The number of aryl methyl sites for hydroxylation is 1. The summed E-state index contributed by atoms with van der Waals surface area (Å²) in [6.07, 6.45) is 0.667. The minimum Gasteiger partial charge on any atom is -0.435 e. The van der Waals surface area contributed by atoms with Crippen LogP contribution in [-0.4, -0.2) is 12.5 Å². The van der Waals surface area contributed by atoms with Crippen LogP contribution >= 0.6 is 0 Å². The molecule has 144 valence electrons. The summed E-state index contributed by atoms with van der Waals surface area (Å²) in [5.41, 5.74) is 4.08. The number of alkyl halides is 2.